The van der Waals surface area contributed by atoms with Crippen LogP contribution in [0.25, 0.3) is 16.9 Å². The summed E-state index contributed by atoms with van der Waals surface area (Å²) in [5, 5.41) is 24.7. The van der Waals surface area contributed by atoms with Crippen LogP contribution in [-0.4, -0.2) is 26.7 Å². The van der Waals surface area contributed by atoms with E-state index >= 15 is 0 Å². The fourth-order valence-corrected chi connectivity index (χ4v) is 3.50. The van der Waals surface area contributed by atoms with Crippen molar-refractivity contribution < 1.29 is 14.8 Å². The van der Waals surface area contributed by atoms with Crippen molar-refractivity contribution in [3.63, 3.8) is 0 Å². The summed E-state index contributed by atoms with van der Waals surface area (Å²) in [5.41, 5.74) is 6.56. The molecule has 1 heterocycles. The summed E-state index contributed by atoms with van der Waals surface area (Å²) in [6.45, 7) is 2.02. The molecule has 4 rings (SSSR count). The van der Waals surface area contributed by atoms with E-state index in [0.717, 1.165) is 28.9 Å². The van der Waals surface area contributed by atoms with Crippen molar-refractivity contribution in [3.8, 4) is 22.7 Å². The molecule has 0 saturated carbocycles. The number of aryl methyl sites for hydroxylation is 1. The summed E-state index contributed by atoms with van der Waals surface area (Å²) >= 11 is 0. The maximum Gasteiger partial charge on any atom is 0.311 e. The van der Waals surface area contributed by atoms with Gasteiger partial charge in [0, 0.05) is 28.6 Å². The Balaban J connectivity index is 1.50. The Morgan fingerprint density at radius 1 is 1.00 bits per heavy atom. The summed E-state index contributed by atoms with van der Waals surface area (Å²) in [4.78, 5) is 22.7. The smallest absolute Gasteiger partial charge is 0.311 e. The molecule has 8 heteroatoms. The van der Waals surface area contributed by atoms with Gasteiger partial charge < -0.3 is 9.67 Å². The molecule has 0 aliphatic carbocycles. The average molecular weight is 440 g/mol. The van der Waals surface area contributed by atoms with Gasteiger partial charge in [-0.2, -0.15) is 5.10 Å². The van der Waals surface area contributed by atoms with Crippen LogP contribution in [0.15, 0.2) is 90.0 Å². The van der Waals surface area contributed by atoms with Crippen molar-refractivity contribution in [2.24, 2.45) is 5.10 Å². The van der Waals surface area contributed by atoms with E-state index in [1.54, 1.807) is 12.1 Å². The number of hydrogen-bond donors (Lipinski definition) is 2. The molecule has 4 aromatic rings. The van der Waals surface area contributed by atoms with Crippen LogP contribution in [0.1, 0.15) is 21.6 Å². The van der Waals surface area contributed by atoms with Gasteiger partial charge in [-0.1, -0.05) is 36.4 Å². The molecule has 164 valence electrons. The molecule has 33 heavy (non-hydrogen) atoms. The van der Waals surface area contributed by atoms with Gasteiger partial charge in [-0.05, 0) is 55.0 Å². The van der Waals surface area contributed by atoms with Gasteiger partial charge in [0.15, 0.2) is 0 Å². The second-order valence-electron chi connectivity index (χ2n) is 7.28. The SMILES string of the molecule is Cc1ccc(-c2ccccc2)n1-c1ccc(C(=O)N/N=C\c2cccc([N+](=O)[O-])c2O)cc1. The molecule has 0 unspecified atom stereocenters. The second kappa shape index (κ2) is 9.19. The summed E-state index contributed by atoms with van der Waals surface area (Å²) in [5.74, 6) is -0.962. The summed E-state index contributed by atoms with van der Waals surface area (Å²) in [6, 6.07) is 25.3. The second-order valence-corrected chi connectivity index (χ2v) is 7.28. The van der Waals surface area contributed by atoms with Gasteiger partial charge in [0.2, 0.25) is 5.75 Å². The van der Waals surface area contributed by atoms with E-state index < -0.39 is 22.3 Å². The lowest BCUT2D eigenvalue weighted by atomic mass is 10.1. The first-order chi connectivity index (χ1) is 16.0. The van der Waals surface area contributed by atoms with Crippen LogP contribution in [0.5, 0.6) is 5.75 Å². The summed E-state index contributed by atoms with van der Waals surface area (Å²) < 4.78 is 2.11. The number of hydrazone groups is 1. The first-order valence-electron chi connectivity index (χ1n) is 10.1. The molecule has 1 amide bonds. The van der Waals surface area contributed by atoms with Gasteiger partial charge in [-0.15, -0.1) is 0 Å². The van der Waals surface area contributed by atoms with Crippen LogP contribution >= 0.6 is 0 Å². The van der Waals surface area contributed by atoms with Crippen LogP contribution in [-0.2, 0) is 0 Å². The molecule has 0 saturated heterocycles. The first-order valence-corrected chi connectivity index (χ1v) is 10.1. The summed E-state index contributed by atoms with van der Waals surface area (Å²) in [6.07, 6.45) is 1.16. The number of aromatic nitrogens is 1. The van der Waals surface area contributed by atoms with Crippen molar-refractivity contribution in [2.45, 2.75) is 6.92 Å². The number of rotatable bonds is 6. The number of aromatic hydroxyl groups is 1. The number of amides is 1. The van der Waals surface area contributed by atoms with Crippen LogP contribution < -0.4 is 5.43 Å². The zero-order chi connectivity index (χ0) is 23.4. The number of carbonyl (C=O) groups excluding carboxylic acids is 1. The first kappa shape index (κ1) is 21.5. The number of nitro groups is 1. The number of nitrogens with zero attached hydrogens (tertiary/aromatic N) is 3. The maximum absolute atomic E-state index is 12.4. The van der Waals surface area contributed by atoms with E-state index in [2.05, 4.69) is 21.2 Å². The molecule has 0 radical (unpaired) electrons. The molecule has 0 aliphatic rings. The predicted molar refractivity (Wildman–Crippen MR) is 126 cm³/mol. The molecule has 0 aliphatic heterocycles. The molecular weight excluding hydrogens is 420 g/mol. The Bertz CT molecular complexity index is 1340. The quantitative estimate of drug-likeness (QED) is 0.254. The number of phenols is 1. The molecular formula is C25H20N4O4. The molecule has 0 spiro atoms. The van der Waals surface area contributed by atoms with Gasteiger partial charge in [0.05, 0.1) is 16.8 Å². The third kappa shape index (κ3) is 4.49. The number of para-hydroxylation sites is 1. The topological polar surface area (TPSA) is 110 Å². The Hall–Kier alpha value is -4.72. The van der Waals surface area contributed by atoms with E-state index in [1.165, 1.54) is 18.2 Å². The standard InChI is InChI=1S/C25H20N4O4/c1-17-10-15-22(18-6-3-2-4-7-18)28(17)21-13-11-19(12-14-21)25(31)27-26-16-20-8-5-9-23(24(20)30)29(32)33/h2-16,30H,1H3,(H,27,31)/b26-16-. The van der Waals surface area contributed by atoms with Crippen LogP contribution in [0.4, 0.5) is 5.69 Å². The van der Waals surface area contributed by atoms with Gasteiger partial charge in [-0.25, -0.2) is 5.43 Å². The number of nitrogens with one attached hydrogen (secondary N) is 1. The van der Waals surface area contributed by atoms with E-state index in [-0.39, 0.29) is 5.56 Å². The fraction of sp³-hybridized carbons (Fsp3) is 0.0400. The van der Waals surface area contributed by atoms with Gasteiger partial charge in [0.25, 0.3) is 5.91 Å². The lowest BCUT2D eigenvalue weighted by Crippen LogP contribution is -2.17. The summed E-state index contributed by atoms with van der Waals surface area (Å²) in [7, 11) is 0. The fourth-order valence-electron chi connectivity index (χ4n) is 3.50. The van der Waals surface area contributed by atoms with Gasteiger partial charge >= 0.3 is 5.69 Å². The normalized spacial score (nSPS) is 10.9. The Labute approximate surface area is 189 Å². The largest absolute Gasteiger partial charge is 0.502 e. The zero-order valence-corrected chi connectivity index (χ0v) is 17.7. The number of phenolic OH excluding ortho intramolecular Hbond substituents is 1. The molecule has 3 aromatic carbocycles. The zero-order valence-electron chi connectivity index (χ0n) is 17.7. The van der Waals surface area contributed by atoms with Crippen LogP contribution in [0.2, 0.25) is 0 Å². The van der Waals surface area contributed by atoms with E-state index in [4.69, 9.17) is 0 Å². The van der Waals surface area contributed by atoms with E-state index in [0.29, 0.717) is 5.56 Å². The predicted octanol–water partition coefficient (Wildman–Crippen LogP) is 4.83. The van der Waals surface area contributed by atoms with Crippen molar-refractivity contribution in [1.29, 1.82) is 0 Å². The minimum absolute atomic E-state index is 0.122. The lowest BCUT2D eigenvalue weighted by molar-refractivity contribution is -0.385. The average Bonchev–Trinajstić information content (AvgIpc) is 3.22. The molecule has 0 atom stereocenters. The van der Waals surface area contributed by atoms with Crippen LogP contribution in [0, 0.1) is 17.0 Å². The highest BCUT2D eigenvalue weighted by Gasteiger charge is 2.15. The van der Waals surface area contributed by atoms with Gasteiger partial charge in [0.1, 0.15) is 0 Å². The number of hydrogen-bond acceptors (Lipinski definition) is 5. The molecule has 2 N–H and O–H groups in total. The monoisotopic (exact) mass is 440 g/mol. The van der Waals surface area contributed by atoms with Crippen molar-refractivity contribution in [2.75, 3.05) is 0 Å². The van der Waals surface area contributed by atoms with E-state index in [1.807, 2.05) is 55.5 Å². The highest BCUT2D eigenvalue weighted by Crippen LogP contribution is 2.28. The highest BCUT2D eigenvalue weighted by atomic mass is 16.6. The van der Waals surface area contributed by atoms with Crippen molar-refractivity contribution in [3.05, 3.63) is 112 Å². The Morgan fingerprint density at radius 3 is 2.42 bits per heavy atom. The number of nitro benzene ring substituents is 1. The third-order valence-corrected chi connectivity index (χ3v) is 5.15. The molecule has 0 fully saturated rings. The Kier molecular flexibility index (Phi) is 5.99. The minimum atomic E-state index is -0.692. The van der Waals surface area contributed by atoms with Gasteiger partial charge in [-0.3, -0.25) is 14.9 Å². The molecule has 1 aromatic heterocycles. The number of benzene rings is 3. The van der Waals surface area contributed by atoms with Crippen molar-refractivity contribution >= 4 is 17.8 Å². The van der Waals surface area contributed by atoms with E-state index in [9.17, 15) is 20.0 Å². The Morgan fingerprint density at radius 2 is 1.73 bits per heavy atom. The maximum atomic E-state index is 12.4. The minimum Gasteiger partial charge on any atom is -0.502 e. The lowest BCUT2D eigenvalue weighted by Gasteiger charge is -2.12. The molecule has 8 nitrogen and oxygen atoms in total. The number of carbonyl (C=O) groups is 1. The van der Waals surface area contributed by atoms with Crippen LogP contribution in [0.3, 0.4) is 0 Å². The molecule has 0 bridgehead atoms. The highest BCUT2D eigenvalue weighted by molar-refractivity contribution is 5.95. The van der Waals surface area contributed by atoms with Crippen molar-refractivity contribution in [1.82, 2.24) is 9.99 Å². The third-order valence-electron chi connectivity index (χ3n) is 5.15.